The molecule has 2 aromatic rings. The fourth-order valence-electron chi connectivity index (χ4n) is 1.48. The fraction of sp³-hybridized carbons (Fsp3) is 0.250. The molecular formula is C12H15N3O3S. The van der Waals surface area contributed by atoms with Gasteiger partial charge in [-0.3, -0.25) is 0 Å². The molecule has 0 bridgehead atoms. The zero-order valence-corrected chi connectivity index (χ0v) is 11.7. The van der Waals surface area contributed by atoms with E-state index in [1.165, 1.54) is 12.1 Å². The molecule has 0 aliphatic carbocycles. The van der Waals surface area contributed by atoms with Crippen LogP contribution in [0.15, 0.2) is 27.6 Å². The van der Waals surface area contributed by atoms with E-state index in [4.69, 9.17) is 10.3 Å². The van der Waals surface area contributed by atoms with Crippen molar-refractivity contribution >= 4 is 21.6 Å². The summed E-state index contributed by atoms with van der Waals surface area (Å²) in [6, 6.07) is 4.56. The van der Waals surface area contributed by atoms with Gasteiger partial charge in [0, 0.05) is 11.3 Å². The van der Waals surface area contributed by atoms with Gasteiger partial charge in [-0.05, 0) is 38.5 Å². The maximum absolute atomic E-state index is 12.2. The Morgan fingerprint density at radius 2 is 1.95 bits per heavy atom. The van der Waals surface area contributed by atoms with Crippen molar-refractivity contribution in [2.24, 2.45) is 0 Å². The largest absolute Gasteiger partial charge is 0.398 e. The van der Waals surface area contributed by atoms with Gasteiger partial charge in [0.05, 0.1) is 10.6 Å². The van der Waals surface area contributed by atoms with Crippen molar-refractivity contribution in [1.29, 1.82) is 0 Å². The average molecular weight is 281 g/mol. The van der Waals surface area contributed by atoms with E-state index in [0.717, 1.165) is 5.56 Å². The lowest BCUT2D eigenvalue weighted by Crippen LogP contribution is -2.13. The van der Waals surface area contributed by atoms with Crippen LogP contribution in [0.1, 0.15) is 16.8 Å². The predicted octanol–water partition coefficient (Wildman–Crippen LogP) is 1.98. The highest BCUT2D eigenvalue weighted by Crippen LogP contribution is 2.23. The third-order valence-corrected chi connectivity index (χ3v) is 4.27. The van der Waals surface area contributed by atoms with Gasteiger partial charge in [-0.2, -0.15) is 0 Å². The van der Waals surface area contributed by atoms with Crippen LogP contribution in [0.2, 0.25) is 0 Å². The van der Waals surface area contributed by atoms with Crippen molar-refractivity contribution in [2.75, 3.05) is 10.5 Å². The fourth-order valence-corrected chi connectivity index (χ4v) is 2.56. The number of benzene rings is 1. The Morgan fingerprint density at radius 1 is 1.26 bits per heavy atom. The smallest absolute Gasteiger partial charge is 0.264 e. The van der Waals surface area contributed by atoms with Crippen molar-refractivity contribution in [3.63, 3.8) is 0 Å². The average Bonchev–Trinajstić information content (AvgIpc) is 2.64. The number of nitrogens with one attached hydrogen (secondary N) is 1. The highest BCUT2D eigenvalue weighted by molar-refractivity contribution is 7.92. The molecule has 0 saturated heterocycles. The van der Waals surface area contributed by atoms with Crippen LogP contribution in [0.3, 0.4) is 0 Å². The number of aryl methyl sites for hydroxylation is 2. The van der Waals surface area contributed by atoms with Gasteiger partial charge in [-0.15, -0.1) is 0 Å². The van der Waals surface area contributed by atoms with E-state index in [0.29, 0.717) is 16.9 Å². The zero-order valence-electron chi connectivity index (χ0n) is 10.9. The van der Waals surface area contributed by atoms with Crippen LogP contribution in [-0.2, 0) is 10.0 Å². The summed E-state index contributed by atoms with van der Waals surface area (Å²) in [6.07, 6.45) is 0. The number of hydrogen-bond acceptors (Lipinski definition) is 5. The number of nitrogens with zero attached hydrogens (tertiary/aromatic N) is 1. The SMILES string of the molecule is Cc1ccc(S(=O)(=O)Nc2onc(C)c2C)cc1N. The summed E-state index contributed by atoms with van der Waals surface area (Å²) in [7, 11) is -3.73. The summed E-state index contributed by atoms with van der Waals surface area (Å²) < 4.78 is 31.6. The van der Waals surface area contributed by atoms with Crippen LogP contribution >= 0.6 is 0 Å². The minimum Gasteiger partial charge on any atom is -0.398 e. The highest BCUT2D eigenvalue weighted by atomic mass is 32.2. The summed E-state index contributed by atoms with van der Waals surface area (Å²) >= 11 is 0. The molecule has 0 atom stereocenters. The molecule has 2 rings (SSSR count). The third kappa shape index (κ3) is 2.55. The van der Waals surface area contributed by atoms with E-state index in [9.17, 15) is 8.42 Å². The van der Waals surface area contributed by atoms with E-state index in [-0.39, 0.29) is 10.8 Å². The lowest BCUT2D eigenvalue weighted by atomic mass is 10.2. The molecule has 1 aromatic carbocycles. The van der Waals surface area contributed by atoms with Crippen molar-refractivity contribution in [2.45, 2.75) is 25.7 Å². The zero-order chi connectivity index (χ0) is 14.2. The lowest BCUT2D eigenvalue weighted by molar-refractivity contribution is 0.430. The van der Waals surface area contributed by atoms with Gasteiger partial charge in [0.25, 0.3) is 10.0 Å². The van der Waals surface area contributed by atoms with Crippen LogP contribution in [0, 0.1) is 20.8 Å². The second kappa shape index (κ2) is 4.58. The summed E-state index contributed by atoms with van der Waals surface area (Å²) in [5, 5.41) is 3.70. The molecule has 0 spiro atoms. The predicted molar refractivity (Wildman–Crippen MR) is 72.4 cm³/mol. The van der Waals surface area contributed by atoms with Gasteiger partial charge in [-0.1, -0.05) is 11.2 Å². The molecule has 19 heavy (non-hydrogen) atoms. The highest BCUT2D eigenvalue weighted by Gasteiger charge is 2.19. The van der Waals surface area contributed by atoms with Crippen LogP contribution in [-0.4, -0.2) is 13.6 Å². The maximum Gasteiger partial charge on any atom is 0.264 e. The lowest BCUT2D eigenvalue weighted by Gasteiger charge is -2.07. The minimum atomic E-state index is -3.73. The molecule has 0 radical (unpaired) electrons. The second-order valence-corrected chi connectivity index (χ2v) is 6.03. The van der Waals surface area contributed by atoms with E-state index >= 15 is 0 Å². The number of anilines is 2. The Balaban J connectivity index is 2.37. The molecule has 3 N–H and O–H groups in total. The molecular weight excluding hydrogens is 266 g/mol. The second-order valence-electron chi connectivity index (χ2n) is 4.35. The number of nitrogen functional groups attached to an aromatic ring is 1. The van der Waals surface area contributed by atoms with Crippen molar-refractivity contribution in [1.82, 2.24) is 5.16 Å². The number of nitrogens with two attached hydrogens (primary N) is 1. The van der Waals surface area contributed by atoms with E-state index in [2.05, 4.69) is 9.88 Å². The van der Waals surface area contributed by atoms with Crippen molar-refractivity contribution < 1.29 is 12.9 Å². The first-order chi connectivity index (χ1) is 8.81. The number of aromatic nitrogens is 1. The molecule has 102 valence electrons. The summed E-state index contributed by atoms with van der Waals surface area (Å²) in [5.41, 5.74) is 8.26. The molecule has 0 aliphatic rings. The Bertz CT molecular complexity index is 720. The molecule has 0 amide bonds. The van der Waals surface area contributed by atoms with Crippen molar-refractivity contribution in [3.8, 4) is 0 Å². The van der Waals surface area contributed by atoms with Crippen molar-refractivity contribution in [3.05, 3.63) is 35.0 Å². The molecule has 0 unspecified atom stereocenters. The van der Waals surface area contributed by atoms with E-state index in [1.54, 1.807) is 19.9 Å². The molecule has 1 heterocycles. The Hall–Kier alpha value is -2.02. The molecule has 7 heteroatoms. The maximum atomic E-state index is 12.2. The molecule has 1 aromatic heterocycles. The van der Waals surface area contributed by atoms with Crippen LogP contribution < -0.4 is 10.5 Å². The quantitative estimate of drug-likeness (QED) is 0.838. The van der Waals surface area contributed by atoms with Gasteiger partial charge in [0.2, 0.25) is 5.88 Å². The normalized spacial score (nSPS) is 11.5. The van der Waals surface area contributed by atoms with Gasteiger partial charge in [0.15, 0.2) is 0 Å². The Morgan fingerprint density at radius 3 is 2.47 bits per heavy atom. The monoisotopic (exact) mass is 281 g/mol. The van der Waals surface area contributed by atoms with E-state index in [1.807, 2.05) is 6.92 Å². The van der Waals surface area contributed by atoms with Crippen LogP contribution in [0.4, 0.5) is 11.6 Å². The Labute approximate surface area is 111 Å². The first-order valence-electron chi connectivity index (χ1n) is 5.63. The topological polar surface area (TPSA) is 98.2 Å². The van der Waals surface area contributed by atoms with Gasteiger partial charge < -0.3 is 10.3 Å². The van der Waals surface area contributed by atoms with Gasteiger partial charge in [0.1, 0.15) is 0 Å². The third-order valence-electron chi connectivity index (χ3n) is 2.95. The van der Waals surface area contributed by atoms with Crippen LogP contribution in [0.25, 0.3) is 0 Å². The van der Waals surface area contributed by atoms with Gasteiger partial charge >= 0.3 is 0 Å². The summed E-state index contributed by atoms with van der Waals surface area (Å²) in [4.78, 5) is 0.0871. The first-order valence-corrected chi connectivity index (χ1v) is 7.11. The number of sulfonamides is 1. The minimum absolute atomic E-state index is 0.0871. The molecule has 6 nitrogen and oxygen atoms in total. The standard InChI is InChI=1S/C12H15N3O3S/c1-7-4-5-10(6-11(7)13)19(16,17)15-12-8(2)9(3)14-18-12/h4-6,15H,13H2,1-3H3. The van der Waals surface area contributed by atoms with Crippen LogP contribution in [0.5, 0.6) is 0 Å². The summed E-state index contributed by atoms with van der Waals surface area (Å²) in [6.45, 7) is 5.27. The molecule has 0 fully saturated rings. The first kappa shape index (κ1) is 13.4. The van der Waals surface area contributed by atoms with E-state index < -0.39 is 10.0 Å². The summed E-state index contributed by atoms with van der Waals surface area (Å²) in [5.74, 6) is 0.122. The molecule has 0 aliphatic heterocycles. The molecule has 0 saturated carbocycles. The Kier molecular flexibility index (Phi) is 3.23. The number of rotatable bonds is 3. The number of hydrogen-bond donors (Lipinski definition) is 2. The van der Waals surface area contributed by atoms with Gasteiger partial charge in [-0.25, -0.2) is 13.1 Å².